The zero-order chi connectivity index (χ0) is 13.8. The highest BCUT2D eigenvalue weighted by atomic mass is 16.6. The lowest BCUT2D eigenvalue weighted by atomic mass is 10.2. The molecule has 0 bridgehead atoms. The highest BCUT2D eigenvalue weighted by Crippen LogP contribution is 2.28. The maximum Gasteiger partial charge on any atom is 0.311 e. The van der Waals surface area contributed by atoms with Gasteiger partial charge in [-0.3, -0.25) is 14.9 Å². The van der Waals surface area contributed by atoms with Crippen molar-refractivity contribution in [2.75, 3.05) is 0 Å². The van der Waals surface area contributed by atoms with Crippen LogP contribution in [-0.2, 0) is 6.61 Å². The van der Waals surface area contributed by atoms with E-state index in [-0.39, 0.29) is 23.6 Å². The molecule has 98 valence electrons. The largest absolute Gasteiger partial charge is 0.480 e. The summed E-state index contributed by atoms with van der Waals surface area (Å²) in [7, 11) is 0. The first-order valence-electron chi connectivity index (χ1n) is 5.39. The molecule has 0 saturated heterocycles. The summed E-state index contributed by atoms with van der Waals surface area (Å²) in [5.74, 6) is 0.709. The fourth-order valence-corrected chi connectivity index (χ4v) is 1.51. The number of nitrogens with zero attached hydrogens (tertiary/aromatic N) is 2. The molecule has 2 aromatic rings. The molecule has 1 heterocycles. The van der Waals surface area contributed by atoms with E-state index >= 15 is 0 Å². The lowest BCUT2D eigenvalue weighted by molar-refractivity contribution is -0.386. The Morgan fingerprint density at radius 2 is 2.26 bits per heavy atom. The Kier molecular flexibility index (Phi) is 3.56. The van der Waals surface area contributed by atoms with E-state index in [0.717, 1.165) is 6.07 Å². The zero-order valence-electron chi connectivity index (χ0n) is 10.0. The number of carbonyl (C=O) groups is 1. The van der Waals surface area contributed by atoms with Crippen molar-refractivity contribution < 1.29 is 19.0 Å². The van der Waals surface area contributed by atoms with Gasteiger partial charge in [0.05, 0.1) is 4.92 Å². The molecule has 1 aromatic heterocycles. The first-order valence-corrected chi connectivity index (χ1v) is 5.39. The van der Waals surface area contributed by atoms with Gasteiger partial charge in [-0.1, -0.05) is 5.16 Å². The summed E-state index contributed by atoms with van der Waals surface area (Å²) in [4.78, 5) is 20.9. The highest BCUT2D eigenvalue weighted by Gasteiger charge is 2.16. The number of aldehydes is 1. The minimum absolute atomic E-state index is 0.0542. The Balaban J connectivity index is 2.19. The van der Waals surface area contributed by atoms with Crippen LogP contribution in [0.4, 0.5) is 5.69 Å². The number of carbonyl (C=O) groups excluding carboxylic acids is 1. The van der Waals surface area contributed by atoms with Gasteiger partial charge < -0.3 is 9.26 Å². The predicted octanol–water partition coefficient (Wildman–Crippen LogP) is 2.28. The second-order valence-electron chi connectivity index (χ2n) is 3.82. The molecule has 0 N–H and O–H groups in total. The fraction of sp³-hybridized carbons (Fsp3) is 0.167. The second kappa shape index (κ2) is 5.30. The number of rotatable bonds is 5. The van der Waals surface area contributed by atoms with E-state index in [2.05, 4.69) is 5.16 Å². The molecule has 0 saturated carbocycles. The number of nitro benzene ring substituents is 1. The lowest BCUT2D eigenvalue weighted by Crippen LogP contribution is -2.00. The van der Waals surface area contributed by atoms with E-state index in [4.69, 9.17) is 9.26 Å². The van der Waals surface area contributed by atoms with Crippen LogP contribution in [0.1, 0.15) is 21.8 Å². The Morgan fingerprint density at radius 3 is 2.84 bits per heavy atom. The number of ether oxygens (including phenoxy) is 1. The molecular formula is C12H10N2O5. The van der Waals surface area contributed by atoms with Crippen molar-refractivity contribution in [2.45, 2.75) is 13.5 Å². The van der Waals surface area contributed by atoms with Gasteiger partial charge in [0.1, 0.15) is 24.3 Å². The molecule has 0 fully saturated rings. The molecule has 0 radical (unpaired) electrons. The van der Waals surface area contributed by atoms with Crippen LogP contribution in [-0.4, -0.2) is 16.4 Å². The summed E-state index contributed by atoms with van der Waals surface area (Å²) in [6.07, 6.45) is 0.539. The molecule has 1 aromatic carbocycles. The van der Waals surface area contributed by atoms with Crippen molar-refractivity contribution in [3.05, 3.63) is 51.4 Å². The maximum absolute atomic E-state index is 10.9. The van der Waals surface area contributed by atoms with Gasteiger partial charge in [0.2, 0.25) is 0 Å². The Labute approximate surface area is 107 Å². The summed E-state index contributed by atoms with van der Waals surface area (Å²) in [6.45, 7) is 1.79. The van der Waals surface area contributed by atoms with E-state index in [9.17, 15) is 14.9 Å². The van der Waals surface area contributed by atoms with Gasteiger partial charge in [-0.15, -0.1) is 0 Å². The van der Waals surface area contributed by atoms with Crippen LogP contribution in [0.3, 0.4) is 0 Å². The van der Waals surface area contributed by atoms with E-state index in [0.29, 0.717) is 17.7 Å². The van der Waals surface area contributed by atoms with Crippen LogP contribution in [0, 0.1) is 17.0 Å². The third-order valence-electron chi connectivity index (χ3n) is 2.37. The molecular weight excluding hydrogens is 252 g/mol. The Bertz CT molecular complexity index is 620. The third kappa shape index (κ3) is 2.95. The SMILES string of the molecule is Cc1cc(COc2ccc(C=O)cc2[N+](=O)[O-])no1. The second-order valence-corrected chi connectivity index (χ2v) is 3.82. The topological polar surface area (TPSA) is 95.5 Å². The van der Waals surface area contributed by atoms with Crippen LogP contribution < -0.4 is 4.74 Å². The number of benzene rings is 1. The highest BCUT2D eigenvalue weighted by molar-refractivity contribution is 5.77. The monoisotopic (exact) mass is 262 g/mol. The smallest absolute Gasteiger partial charge is 0.311 e. The van der Waals surface area contributed by atoms with Gasteiger partial charge >= 0.3 is 5.69 Å². The molecule has 2 rings (SSSR count). The van der Waals surface area contributed by atoms with Crippen molar-refractivity contribution in [3.63, 3.8) is 0 Å². The lowest BCUT2D eigenvalue weighted by Gasteiger charge is -2.04. The van der Waals surface area contributed by atoms with Gasteiger partial charge in [0.25, 0.3) is 0 Å². The van der Waals surface area contributed by atoms with Crippen molar-refractivity contribution >= 4 is 12.0 Å². The number of hydrogen-bond donors (Lipinski definition) is 0. The fourth-order valence-electron chi connectivity index (χ4n) is 1.51. The van der Waals surface area contributed by atoms with Crippen LogP contribution >= 0.6 is 0 Å². The van der Waals surface area contributed by atoms with Crippen LogP contribution in [0.15, 0.2) is 28.8 Å². The molecule has 0 amide bonds. The number of aryl methyl sites for hydroxylation is 1. The summed E-state index contributed by atoms with van der Waals surface area (Å²) < 4.78 is 10.2. The molecule has 7 nitrogen and oxygen atoms in total. The minimum atomic E-state index is -0.601. The molecule has 19 heavy (non-hydrogen) atoms. The number of hydrogen-bond acceptors (Lipinski definition) is 6. The van der Waals surface area contributed by atoms with Gasteiger partial charge in [-0.2, -0.15) is 0 Å². The molecule has 7 heteroatoms. The van der Waals surface area contributed by atoms with Crippen molar-refractivity contribution in [2.24, 2.45) is 0 Å². The Hall–Kier alpha value is -2.70. The summed E-state index contributed by atoms with van der Waals surface area (Å²) >= 11 is 0. The summed E-state index contributed by atoms with van der Waals surface area (Å²) in [6, 6.07) is 5.67. The van der Waals surface area contributed by atoms with Crippen LogP contribution in [0.25, 0.3) is 0 Å². The maximum atomic E-state index is 10.9. The average Bonchev–Trinajstić information content (AvgIpc) is 2.82. The van der Waals surface area contributed by atoms with Gasteiger partial charge in [0.15, 0.2) is 5.75 Å². The zero-order valence-corrected chi connectivity index (χ0v) is 10.0. The average molecular weight is 262 g/mol. The van der Waals surface area contributed by atoms with E-state index in [1.165, 1.54) is 12.1 Å². The van der Waals surface area contributed by atoms with E-state index < -0.39 is 4.92 Å². The molecule has 0 aliphatic carbocycles. The van der Waals surface area contributed by atoms with Crippen molar-refractivity contribution in [3.8, 4) is 5.75 Å². The quantitative estimate of drug-likeness (QED) is 0.466. The predicted molar refractivity (Wildman–Crippen MR) is 64.1 cm³/mol. The van der Waals surface area contributed by atoms with Gasteiger partial charge in [0, 0.05) is 17.7 Å². The Morgan fingerprint density at radius 1 is 1.47 bits per heavy atom. The standard InChI is InChI=1S/C12H10N2O5/c1-8-4-10(13-19-8)7-18-12-3-2-9(6-15)5-11(12)14(16)17/h2-6H,7H2,1H3. The molecule has 0 unspecified atom stereocenters. The minimum Gasteiger partial charge on any atom is -0.480 e. The first kappa shape index (κ1) is 12.7. The summed E-state index contributed by atoms with van der Waals surface area (Å²) in [5.41, 5.74) is 0.493. The van der Waals surface area contributed by atoms with Crippen molar-refractivity contribution in [1.82, 2.24) is 5.16 Å². The molecule has 0 spiro atoms. The molecule has 0 aliphatic heterocycles. The van der Waals surface area contributed by atoms with E-state index in [1.807, 2.05) is 0 Å². The number of nitro groups is 1. The molecule has 0 aliphatic rings. The summed E-state index contributed by atoms with van der Waals surface area (Å²) in [5, 5.41) is 14.6. The third-order valence-corrected chi connectivity index (χ3v) is 2.37. The van der Waals surface area contributed by atoms with Gasteiger partial charge in [-0.25, -0.2) is 0 Å². The van der Waals surface area contributed by atoms with Crippen LogP contribution in [0.5, 0.6) is 5.75 Å². The van der Waals surface area contributed by atoms with Crippen LogP contribution in [0.2, 0.25) is 0 Å². The number of aromatic nitrogens is 1. The van der Waals surface area contributed by atoms with E-state index in [1.54, 1.807) is 13.0 Å². The first-order chi connectivity index (χ1) is 9.10. The van der Waals surface area contributed by atoms with Gasteiger partial charge in [-0.05, 0) is 19.1 Å². The normalized spacial score (nSPS) is 10.2. The van der Waals surface area contributed by atoms with Crippen molar-refractivity contribution in [1.29, 1.82) is 0 Å². The molecule has 0 atom stereocenters.